The van der Waals surface area contributed by atoms with E-state index in [9.17, 15) is 14.7 Å². The van der Waals surface area contributed by atoms with Gasteiger partial charge in [0.2, 0.25) is 5.43 Å². The van der Waals surface area contributed by atoms with E-state index in [0.29, 0.717) is 34.3 Å². The van der Waals surface area contributed by atoms with Crippen molar-refractivity contribution in [2.24, 2.45) is 0 Å². The fraction of sp³-hybridized carbons (Fsp3) is 0.0909. The van der Waals surface area contributed by atoms with Crippen LogP contribution in [0.3, 0.4) is 0 Å². The van der Waals surface area contributed by atoms with Crippen LogP contribution in [0.5, 0.6) is 5.75 Å². The minimum Gasteiger partial charge on any atom is -0.503 e. The molecule has 0 bridgehead atoms. The fourth-order valence-corrected chi connectivity index (χ4v) is 3.68. The summed E-state index contributed by atoms with van der Waals surface area (Å²) < 4.78 is 0. The highest BCUT2D eigenvalue weighted by Gasteiger charge is 2.14. The van der Waals surface area contributed by atoms with Gasteiger partial charge >= 0.3 is 0 Å². The van der Waals surface area contributed by atoms with Crippen molar-refractivity contribution in [1.29, 1.82) is 0 Å². The van der Waals surface area contributed by atoms with E-state index in [1.54, 1.807) is 29.5 Å². The number of carbonyl (C=O) groups is 1. The van der Waals surface area contributed by atoms with E-state index in [1.807, 2.05) is 48.7 Å². The second-order valence-electron chi connectivity index (χ2n) is 6.57. The Kier molecular flexibility index (Phi) is 4.71. The molecule has 0 saturated heterocycles. The molecule has 140 valence electrons. The molecule has 4 rings (SSSR count). The van der Waals surface area contributed by atoms with Crippen LogP contribution < -0.4 is 10.7 Å². The summed E-state index contributed by atoms with van der Waals surface area (Å²) in [5, 5.41) is 15.5. The van der Waals surface area contributed by atoms with Crippen molar-refractivity contribution in [2.75, 3.05) is 0 Å². The molecule has 0 aliphatic heterocycles. The van der Waals surface area contributed by atoms with Crippen molar-refractivity contribution in [3.05, 3.63) is 86.2 Å². The molecule has 0 radical (unpaired) electrons. The van der Waals surface area contributed by atoms with Crippen molar-refractivity contribution in [1.82, 2.24) is 10.3 Å². The van der Waals surface area contributed by atoms with Gasteiger partial charge in [-0.05, 0) is 36.6 Å². The predicted octanol–water partition coefficient (Wildman–Crippen LogP) is 4.20. The van der Waals surface area contributed by atoms with E-state index in [2.05, 4.69) is 10.3 Å². The van der Waals surface area contributed by atoms with Crippen LogP contribution in [0.4, 0.5) is 0 Å². The SMILES string of the molecule is Cc1ccc(-c2[nH]c3cc(C(=O)NCc4cccs4)ccc3c(=O)c2O)cc1. The number of rotatable bonds is 4. The van der Waals surface area contributed by atoms with Crippen LogP contribution >= 0.6 is 11.3 Å². The second-order valence-corrected chi connectivity index (χ2v) is 7.60. The maximum atomic E-state index is 12.6. The lowest BCUT2D eigenvalue weighted by atomic mass is 10.0. The van der Waals surface area contributed by atoms with Crippen molar-refractivity contribution in [2.45, 2.75) is 13.5 Å². The van der Waals surface area contributed by atoms with Crippen LogP contribution in [0.1, 0.15) is 20.8 Å². The zero-order valence-electron chi connectivity index (χ0n) is 15.2. The normalized spacial score (nSPS) is 10.9. The van der Waals surface area contributed by atoms with E-state index in [-0.39, 0.29) is 11.7 Å². The van der Waals surface area contributed by atoms with Gasteiger partial charge in [0.15, 0.2) is 5.75 Å². The number of benzene rings is 2. The number of aromatic nitrogens is 1. The Morgan fingerprint density at radius 2 is 1.93 bits per heavy atom. The molecule has 0 saturated carbocycles. The first-order valence-corrected chi connectivity index (χ1v) is 9.67. The first-order valence-electron chi connectivity index (χ1n) is 8.79. The average Bonchev–Trinajstić information content (AvgIpc) is 3.23. The van der Waals surface area contributed by atoms with E-state index in [4.69, 9.17) is 0 Å². The number of hydrogen-bond donors (Lipinski definition) is 3. The van der Waals surface area contributed by atoms with Crippen molar-refractivity contribution < 1.29 is 9.90 Å². The molecule has 6 heteroatoms. The quantitative estimate of drug-likeness (QED) is 0.488. The highest BCUT2D eigenvalue weighted by atomic mass is 32.1. The Hall–Kier alpha value is -3.38. The van der Waals surface area contributed by atoms with E-state index >= 15 is 0 Å². The minimum atomic E-state index is -0.463. The summed E-state index contributed by atoms with van der Waals surface area (Å²) in [5.41, 5.74) is 2.61. The summed E-state index contributed by atoms with van der Waals surface area (Å²) in [6.45, 7) is 2.42. The Labute approximate surface area is 165 Å². The molecule has 0 unspecified atom stereocenters. The average molecular weight is 390 g/mol. The van der Waals surface area contributed by atoms with Crippen molar-refractivity contribution >= 4 is 28.1 Å². The topological polar surface area (TPSA) is 82.2 Å². The first kappa shape index (κ1) is 18.0. The number of nitrogens with one attached hydrogen (secondary N) is 2. The van der Waals surface area contributed by atoms with Crippen LogP contribution in [0.2, 0.25) is 0 Å². The lowest BCUT2D eigenvalue weighted by Gasteiger charge is -2.09. The van der Waals surface area contributed by atoms with Crippen LogP contribution in [-0.4, -0.2) is 16.0 Å². The van der Waals surface area contributed by atoms with E-state index < -0.39 is 5.43 Å². The van der Waals surface area contributed by atoms with Gasteiger partial charge < -0.3 is 15.4 Å². The fourth-order valence-electron chi connectivity index (χ4n) is 3.03. The minimum absolute atomic E-state index is 0.221. The van der Waals surface area contributed by atoms with Gasteiger partial charge in [-0.3, -0.25) is 9.59 Å². The Bertz CT molecular complexity index is 1210. The number of thiophene rings is 1. The molecule has 3 N–H and O–H groups in total. The molecule has 0 fully saturated rings. The third-order valence-electron chi connectivity index (χ3n) is 4.58. The number of pyridine rings is 1. The summed E-state index contributed by atoms with van der Waals surface area (Å²) in [7, 11) is 0. The zero-order chi connectivity index (χ0) is 19.7. The first-order chi connectivity index (χ1) is 13.5. The Morgan fingerprint density at radius 3 is 2.64 bits per heavy atom. The summed E-state index contributed by atoms with van der Waals surface area (Å²) in [6.07, 6.45) is 0. The predicted molar refractivity (Wildman–Crippen MR) is 112 cm³/mol. The molecule has 5 nitrogen and oxygen atoms in total. The van der Waals surface area contributed by atoms with Crippen molar-refractivity contribution in [3.8, 4) is 17.0 Å². The largest absolute Gasteiger partial charge is 0.503 e. The zero-order valence-corrected chi connectivity index (χ0v) is 16.0. The number of aryl methyl sites for hydroxylation is 1. The molecule has 2 heterocycles. The van der Waals surface area contributed by atoms with Gasteiger partial charge in [0.25, 0.3) is 5.91 Å². The highest BCUT2D eigenvalue weighted by molar-refractivity contribution is 7.09. The molecule has 1 amide bonds. The molecular formula is C22H18N2O3S. The smallest absolute Gasteiger partial charge is 0.251 e. The highest BCUT2D eigenvalue weighted by Crippen LogP contribution is 2.27. The number of hydrogen-bond acceptors (Lipinski definition) is 4. The summed E-state index contributed by atoms with van der Waals surface area (Å²) in [4.78, 5) is 29.2. The maximum Gasteiger partial charge on any atom is 0.251 e. The van der Waals surface area contributed by atoms with Gasteiger partial charge in [0.1, 0.15) is 0 Å². The van der Waals surface area contributed by atoms with Crippen LogP contribution in [0.25, 0.3) is 22.2 Å². The third kappa shape index (κ3) is 3.42. The Balaban J connectivity index is 1.71. The number of aromatic amines is 1. The van der Waals surface area contributed by atoms with E-state index in [1.165, 1.54) is 0 Å². The van der Waals surface area contributed by atoms with Gasteiger partial charge in [0.05, 0.1) is 17.8 Å². The van der Waals surface area contributed by atoms with Crippen LogP contribution in [0.15, 0.2) is 64.8 Å². The maximum absolute atomic E-state index is 12.6. The van der Waals surface area contributed by atoms with E-state index in [0.717, 1.165) is 10.4 Å². The standard InChI is InChI=1S/C22H18N2O3S/c1-13-4-6-14(7-5-13)19-21(26)20(25)17-9-8-15(11-18(17)24-19)22(27)23-12-16-3-2-10-28-16/h2-11,26H,12H2,1H3,(H,23,27)(H,24,25). The van der Waals surface area contributed by atoms with Gasteiger partial charge in [-0.1, -0.05) is 35.9 Å². The summed E-state index contributed by atoms with van der Waals surface area (Å²) >= 11 is 1.58. The molecule has 4 aromatic rings. The summed E-state index contributed by atoms with van der Waals surface area (Å²) in [6, 6.07) is 16.2. The van der Waals surface area contributed by atoms with Crippen molar-refractivity contribution in [3.63, 3.8) is 0 Å². The van der Waals surface area contributed by atoms with Gasteiger partial charge in [-0.15, -0.1) is 11.3 Å². The monoisotopic (exact) mass is 390 g/mol. The van der Waals surface area contributed by atoms with Gasteiger partial charge in [-0.25, -0.2) is 0 Å². The number of amides is 1. The molecule has 0 spiro atoms. The lowest BCUT2D eigenvalue weighted by Crippen LogP contribution is -2.22. The third-order valence-corrected chi connectivity index (χ3v) is 5.46. The van der Waals surface area contributed by atoms with Gasteiger partial charge in [0, 0.05) is 21.4 Å². The molecule has 0 atom stereocenters. The lowest BCUT2D eigenvalue weighted by molar-refractivity contribution is 0.0951. The molecule has 2 aromatic heterocycles. The number of H-pyrrole nitrogens is 1. The second kappa shape index (κ2) is 7.32. The molecule has 28 heavy (non-hydrogen) atoms. The number of fused-ring (bicyclic) bond motifs is 1. The molecule has 0 aliphatic rings. The number of aromatic hydroxyl groups is 1. The summed E-state index contributed by atoms with van der Waals surface area (Å²) in [5.74, 6) is -0.549. The molecule has 2 aromatic carbocycles. The van der Waals surface area contributed by atoms with Gasteiger partial charge in [-0.2, -0.15) is 0 Å². The van der Waals surface area contributed by atoms with Crippen LogP contribution in [-0.2, 0) is 6.54 Å². The Morgan fingerprint density at radius 1 is 1.14 bits per heavy atom. The van der Waals surface area contributed by atoms with Crippen LogP contribution in [0, 0.1) is 6.92 Å². The molecular weight excluding hydrogens is 372 g/mol. The number of carbonyl (C=O) groups excluding carboxylic acids is 1. The molecule has 0 aliphatic carbocycles.